The maximum Gasteiger partial charge on any atom is 0.586 e. The minimum atomic E-state index is -3.75. The van der Waals surface area contributed by atoms with Crippen LogP contribution in [0.15, 0.2) is 18.2 Å². The number of benzene rings is 1. The zero-order chi connectivity index (χ0) is 11.9. The molecule has 7 heteroatoms. The van der Waals surface area contributed by atoms with Gasteiger partial charge in [0.25, 0.3) is 0 Å². The fourth-order valence-electron chi connectivity index (χ4n) is 1.28. The molecule has 1 aromatic rings. The summed E-state index contributed by atoms with van der Waals surface area (Å²) in [4.78, 5) is 10.5. The van der Waals surface area contributed by atoms with Gasteiger partial charge in [0.05, 0.1) is 0 Å². The SMILES string of the molecule is O=C(O)C(O)c1ccc2c(c1)OC(F)(F)O2. The van der Waals surface area contributed by atoms with Gasteiger partial charge in [-0.2, -0.15) is 0 Å². The van der Waals surface area contributed by atoms with Crippen LogP contribution in [-0.2, 0) is 4.79 Å². The molecule has 1 aliphatic rings. The van der Waals surface area contributed by atoms with Gasteiger partial charge < -0.3 is 19.7 Å². The number of carbonyl (C=O) groups is 1. The quantitative estimate of drug-likeness (QED) is 0.799. The van der Waals surface area contributed by atoms with Crippen LogP contribution in [0.5, 0.6) is 11.5 Å². The average Bonchev–Trinajstić information content (AvgIpc) is 2.48. The van der Waals surface area contributed by atoms with E-state index in [-0.39, 0.29) is 17.1 Å². The van der Waals surface area contributed by atoms with E-state index in [4.69, 9.17) is 5.11 Å². The molecule has 16 heavy (non-hydrogen) atoms. The topological polar surface area (TPSA) is 76.0 Å². The lowest BCUT2D eigenvalue weighted by Gasteiger charge is -2.05. The molecule has 5 nitrogen and oxygen atoms in total. The van der Waals surface area contributed by atoms with E-state index in [0.29, 0.717) is 0 Å². The molecule has 0 saturated heterocycles. The number of hydrogen-bond acceptors (Lipinski definition) is 4. The number of aliphatic hydroxyl groups excluding tert-OH is 1. The summed E-state index contributed by atoms with van der Waals surface area (Å²) in [7, 11) is 0. The molecular weight excluding hydrogens is 226 g/mol. The molecule has 1 heterocycles. The number of halogens is 2. The Morgan fingerprint density at radius 3 is 2.56 bits per heavy atom. The van der Waals surface area contributed by atoms with Crippen molar-refractivity contribution in [3.8, 4) is 11.5 Å². The first kappa shape index (κ1) is 10.6. The lowest BCUT2D eigenvalue weighted by Crippen LogP contribution is -2.25. The second-order valence-electron chi connectivity index (χ2n) is 3.11. The van der Waals surface area contributed by atoms with Crippen LogP contribution in [-0.4, -0.2) is 22.5 Å². The van der Waals surface area contributed by atoms with E-state index >= 15 is 0 Å². The minimum absolute atomic E-state index is 0.0625. The number of alkyl halides is 2. The molecule has 86 valence electrons. The summed E-state index contributed by atoms with van der Waals surface area (Å²) in [6, 6.07) is 3.27. The fraction of sp³-hybridized carbons (Fsp3) is 0.222. The zero-order valence-corrected chi connectivity index (χ0v) is 7.68. The molecule has 0 aliphatic carbocycles. The molecule has 1 unspecified atom stereocenters. The van der Waals surface area contributed by atoms with Crippen LogP contribution in [0.25, 0.3) is 0 Å². The normalized spacial score (nSPS) is 18.2. The highest BCUT2D eigenvalue weighted by atomic mass is 19.3. The van der Waals surface area contributed by atoms with Crippen LogP contribution < -0.4 is 9.47 Å². The van der Waals surface area contributed by atoms with Crippen molar-refractivity contribution in [3.05, 3.63) is 23.8 Å². The monoisotopic (exact) mass is 232 g/mol. The van der Waals surface area contributed by atoms with Crippen molar-refractivity contribution in [2.75, 3.05) is 0 Å². The number of rotatable bonds is 2. The maximum atomic E-state index is 12.6. The highest BCUT2D eigenvalue weighted by Crippen LogP contribution is 2.41. The van der Waals surface area contributed by atoms with E-state index in [0.717, 1.165) is 12.1 Å². The van der Waals surface area contributed by atoms with Gasteiger partial charge in [-0.15, -0.1) is 8.78 Å². The molecule has 0 amide bonds. The Labute approximate surface area is 87.8 Å². The van der Waals surface area contributed by atoms with Gasteiger partial charge in [-0.05, 0) is 17.7 Å². The second-order valence-corrected chi connectivity index (χ2v) is 3.11. The first-order valence-electron chi connectivity index (χ1n) is 4.20. The smallest absolute Gasteiger partial charge is 0.479 e. The van der Waals surface area contributed by atoms with Gasteiger partial charge in [0.2, 0.25) is 0 Å². The fourth-order valence-corrected chi connectivity index (χ4v) is 1.28. The minimum Gasteiger partial charge on any atom is -0.479 e. The molecule has 0 fully saturated rings. The molecule has 0 spiro atoms. The summed E-state index contributed by atoms with van der Waals surface area (Å²) < 4.78 is 33.4. The Kier molecular flexibility index (Phi) is 2.20. The van der Waals surface area contributed by atoms with E-state index in [2.05, 4.69) is 9.47 Å². The summed E-state index contributed by atoms with van der Waals surface area (Å²) in [5.74, 6) is -1.99. The Balaban J connectivity index is 2.32. The molecule has 2 rings (SSSR count). The van der Waals surface area contributed by atoms with E-state index in [9.17, 15) is 18.7 Å². The van der Waals surface area contributed by atoms with Crippen molar-refractivity contribution in [1.29, 1.82) is 0 Å². The van der Waals surface area contributed by atoms with Crippen molar-refractivity contribution < 1.29 is 33.3 Å². The summed E-state index contributed by atoms with van der Waals surface area (Å²) in [5, 5.41) is 17.7. The third kappa shape index (κ3) is 1.76. The van der Waals surface area contributed by atoms with Crippen LogP contribution in [0.1, 0.15) is 11.7 Å². The Morgan fingerprint density at radius 1 is 1.31 bits per heavy atom. The second kappa shape index (κ2) is 3.31. The maximum absolute atomic E-state index is 12.6. The van der Waals surface area contributed by atoms with Gasteiger partial charge >= 0.3 is 12.3 Å². The zero-order valence-electron chi connectivity index (χ0n) is 7.68. The predicted molar refractivity (Wildman–Crippen MR) is 45.2 cm³/mol. The predicted octanol–water partition coefficient (Wildman–Crippen LogP) is 1.13. The van der Waals surface area contributed by atoms with Gasteiger partial charge in [0.1, 0.15) is 0 Å². The van der Waals surface area contributed by atoms with Gasteiger partial charge in [0.15, 0.2) is 17.6 Å². The molecule has 1 aliphatic heterocycles. The van der Waals surface area contributed by atoms with E-state index in [1.165, 1.54) is 6.07 Å². The van der Waals surface area contributed by atoms with Crippen LogP contribution in [0.4, 0.5) is 8.78 Å². The first-order chi connectivity index (χ1) is 7.39. The number of ether oxygens (including phenoxy) is 2. The van der Waals surface area contributed by atoms with Crippen molar-refractivity contribution >= 4 is 5.97 Å². The number of aliphatic hydroxyl groups is 1. The molecule has 0 aromatic heterocycles. The van der Waals surface area contributed by atoms with Crippen molar-refractivity contribution in [2.24, 2.45) is 0 Å². The van der Waals surface area contributed by atoms with E-state index < -0.39 is 18.4 Å². The Hall–Kier alpha value is -1.89. The number of fused-ring (bicyclic) bond motifs is 1. The highest BCUT2D eigenvalue weighted by molar-refractivity contribution is 5.74. The van der Waals surface area contributed by atoms with Crippen molar-refractivity contribution in [3.63, 3.8) is 0 Å². The summed E-state index contributed by atoms with van der Waals surface area (Å²) in [6.45, 7) is 0. The summed E-state index contributed by atoms with van der Waals surface area (Å²) in [5.41, 5.74) is -0.0625. The van der Waals surface area contributed by atoms with Crippen LogP contribution in [0, 0.1) is 0 Å². The molecule has 0 bridgehead atoms. The van der Waals surface area contributed by atoms with Crippen molar-refractivity contribution in [2.45, 2.75) is 12.4 Å². The Bertz CT molecular complexity index is 446. The largest absolute Gasteiger partial charge is 0.586 e. The Morgan fingerprint density at radius 2 is 1.94 bits per heavy atom. The summed E-state index contributed by atoms with van der Waals surface area (Å²) in [6.07, 6.45) is -5.54. The van der Waals surface area contributed by atoms with E-state index in [1.54, 1.807) is 0 Å². The molecule has 0 radical (unpaired) electrons. The average molecular weight is 232 g/mol. The number of hydrogen-bond donors (Lipinski definition) is 2. The van der Waals surface area contributed by atoms with Gasteiger partial charge in [0, 0.05) is 0 Å². The first-order valence-corrected chi connectivity index (χ1v) is 4.20. The van der Waals surface area contributed by atoms with Gasteiger partial charge in [-0.3, -0.25) is 0 Å². The molecule has 1 aromatic carbocycles. The molecule has 1 atom stereocenters. The highest BCUT2D eigenvalue weighted by Gasteiger charge is 2.43. The lowest BCUT2D eigenvalue weighted by atomic mass is 10.1. The molecular formula is C9H6F2O5. The lowest BCUT2D eigenvalue weighted by molar-refractivity contribution is -0.286. The van der Waals surface area contributed by atoms with Crippen LogP contribution in [0.2, 0.25) is 0 Å². The van der Waals surface area contributed by atoms with Gasteiger partial charge in [-0.1, -0.05) is 6.07 Å². The number of carboxylic acid groups (broad SMARTS) is 1. The number of aliphatic carboxylic acids is 1. The third-order valence-corrected chi connectivity index (χ3v) is 1.97. The standard InChI is InChI=1S/C9H6F2O5/c10-9(11)15-5-2-1-4(3-6(5)16-9)7(12)8(13)14/h1-3,7,12H,(H,13,14). The molecule has 2 N–H and O–H groups in total. The van der Waals surface area contributed by atoms with Crippen LogP contribution >= 0.6 is 0 Å². The summed E-state index contributed by atoms with van der Waals surface area (Å²) >= 11 is 0. The number of carboxylic acids is 1. The third-order valence-electron chi connectivity index (χ3n) is 1.97. The van der Waals surface area contributed by atoms with E-state index in [1.807, 2.05) is 0 Å². The van der Waals surface area contributed by atoms with Crippen LogP contribution in [0.3, 0.4) is 0 Å². The molecule has 0 saturated carbocycles. The van der Waals surface area contributed by atoms with Gasteiger partial charge in [-0.25, -0.2) is 4.79 Å². The van der Waals surface area contributed by atoms with Crippen molar-refractivity contribution in [1.82, 2.24) is 0 Å².